The van der Waals surface area contributed by atoms with Gasteiger partial charge in [0.25, 0.3) is 0 Å². The van der Waals surface area contributed by atoms with Gasteiger partial charge in [0.15, 0.2) is 0 Å². The molecule has 0 bridgehead atoms. The lowest BCUT2D eigenvalue weighted by molar-refractivity contribution is -0.137. The zero-order valence-electron chi connectivity index (χ0n) is 19.6. The van der Waals surface area contributed by atoms with Crippen molar-refractivity contribution < 1.29 is 9.53 Å². The number of ether oxygens (including phenoxy) is 1. The molecule has 176 valence electrons. The van der Waals surface area contributed by atoms with Crippen LogP contribution in [0.5, 0.6) is 0 Å². The van der Waals surface area contributed by atoms with E-state index in [1.807, 2.05) is 25.3 Å². The van der Waals surface area contributed by atoms with Crippen LogP contribution in [0.1, 0.15) is 45.1 Å². The average molecular weight is 451 g/mol. The molecular weight excluding hydrogens is 416 g/mol. The number of hydrogen-bond donors (Lipinski definition) is 3. The van der Waals surface area contributed by atoms with Crippen LogP contribution in [-0.4, -0.2) is 54.8 Å². The monoisotopic (exact) mass is 450 g/mol. The lowest BCUT2D eigenvalue weighted by Gasteiger charge is -2.29. The van der Waals surface area contributed by atoms with Crippen molar-refractivity contribution in [1.82, 2.24) is 15.3 Å². The molecule has 1 saturated heterocycles. The predicted molar refractivity (Wildman–Crippen MR) is 133 cm³/mol. The highest BCUT2D eigenvalue weighted by molar-refractivity contribution is 5.93. The number of carbonyl (C=O) groups is 1. The van der Waals surface area contributed by atoms with E-state index in [1.165, 1.54) is 18.9 Å². The Bertz CT molecular complexity index is 963. The molecule has 3 N–H and O–H groups in total. The van der Waals surface area contributed by atoms with Crippen LogP contribution in [-0.2, 0) is 9.53 Å². The number of hydrogen-bond acceptors (Lipinski definition) is 8. The van der Waals surface area contributed by atoms with Crippen molar-refractivity contribution in [3.8, 4) is 0 Å². The summed E-state index contributed by atoms with van der Waals surface area (Å²) < 4.78 is 5.08. The Hall–Kier alpha value is -3.13. The number of esters is 1. The number of rotatable bonds is 8. The summed E-state index contributed by atoms with van der Waals surface area (Å²) in [6, 6.07) is 6.52. The first-order chi connectivity index (χ1) is 16.1. The second-order valence-corrected chi connectivity index (χ2v) is 8.58. The molecular formula is C25H34N6O2. The van der Waals surface area contributed by atoms with Gasteiger partial charge in [-0.05, 0) is 44.4 Å². The van der Waals surface area contributed by atoms with Crippen molar-refractivity contribution >= 4 is 34.6 Å². The second-order valence-electron chi connectivity index (χ2n) is 8.58. The molecule has 3 heterocycles. The van der Waals surface area contributed by atoms with Crippen LogP contribution in [0.2, 0.25) is 0 Å². The van der Waals surface area contributed by atoms with Gasteiger partial charge in [-0.25, -0.2) is 14.8 Å². The highest BCUT2D eigenvalue weighted by Crippen LogP contribution is 2.30. The van der Waals surface area contributed by atoms with Crippen LogP contribution in [0.15, 0.2) is 36.7 Å². The summed E-state index contributed by atoms with van der Waals surface area (Å²) in [6.07, 6.45) is 10.0. The van der Waals surface area contributed by atoms with Crippen LogP contribution in [0.25, 0.3) is 5.57 Å². The summed E-state index contributed by atoms with van der Waals surface area (Å²) >= 11 is 0. The fraction of sp³-hybridized carbons (Fsp3) is 0.480. The van der Waals surface area contributed by atoms with E-state index in [0.29, 0.717) is 18.5 Å². The molecule has 2 aromatic rings. The van der Waals surface area contributed by atoms with Gasteiger partial charge >= 0.3 is 5.97 Å². The smallest absolute Gasteiger partial charge is 0.331 e. The summed E-state index contributed by atoms with van der Waals surface area (Å²) in [6.45, 7) is 8.06. The van der Waals surface area contributed by atoms with E-state index < -0.39 is 0 Å². The van der Waals surface area contributed by atoms with Gasteiger partial charge in [0.2, 0.25) is 0 Å². The Labute approximate surface area is 195 Å². The first kappa shape index (κ1) is 23.0. The lowest BCUT2D eigenvalue weighted by Crippen LogP contribution is -2.43. The zero-order valence-corrected chi connectivity index (χ0v) is 19.6. The molecule has 2 aromatic heterocycles. The lowest BCUT2D eigenvalue weighted by atomic mass is 10.1. The number of pyridine rings is 2. The maximum Gasteiger partial charge on any atom is 0.331 e. The van der Waals surface area contributed by atoms with Crippen molar-refractivity contribution in [1.29, 1.82) is 0 Å². The van der Waals surface area contributed by atoms with Gasteiger partial charge in [-0.3, -0.25) is 0 Å². The molecule has 2 aliphatic rings. The minimum atomic E-state index is -0.335. The third-order valence-electron chi connectivity index (χ3n) is 6.15. The number of aromatic nitrogens is 2. The fourth-order valence-corrected chi connectivity index (χ4v) is 4.39. The van der Waals surface area contributed by atoms with Gasteiger partial charge in [-0.2, -0.15) is 0 Å². The number of nitrogens with zero attached hydrogens (tertiary/aromatic N) is 3. The van der Waals surface area contributed by atoms with Crippen molar-refractivity contribution in [3.05, 3.63) is 42.2 Å². The molecule has 0 spiro atoms. The first-order valence-corrected chi connectivity index (χ1v) is 11.9. The zero-order chi connectivity index (χ0) is 23.0. The molecule has 1 aliphatic carbocycles. The van der Waals surface area contributed by atoms with Gasteiger partial charge in [0.05, 0.1) is 18.5 Å². The molecule has 2 fully saturated rings. The summed E-state index contributed by atoms with van der Waals surface area (Å²) in [7, 11) is 0. The maximum atomic E-state index is 12.0. The Morgan fingerprint density at radius 3 is 2.64 bits per heavy atom. The first-order valence-electron chi connectivity index (χ1n) is 11.9. The van der Waals surface area contributed by atoms with Crippen molar-refractivity contribution in [2.45, 2.75) is 45.6 Å². The van der Waals surface area contributed by atoms with Gasteiger partial charge < -0.3 is 25.6 Å². The summed E-state index contributed by atoms with van der Waals surface area (Å²) in [5.74, 6) is 1.13. The Morgan fingerprint density at radius 1 is 1.18 bits per heavy atom. The van der Waals surface area contributed by atoms with Crippen molar-refractivity contribution in [2.75, 3.05) is 48.3 Å². The van der Waals surface area contributed by atoms with E-state index >= 15 is 0 Å². The van der Waals surface area contributed by atoms with Crippen LogP contribution in [0.4, 0.5) is 23.0 Å². The summed E-state index contributed by atoms with van der Waals surface area (Å²) in [4.78, 5) is 23.5. The molecule has 0 amide bonds. The number of carbonyl (C=O) groups excluding carboxylic acids is 1. The number of piperazine rings is 1. The average Bonchev–Trinajstić information content (AvgIpc) is 3.33. The number of anilines is 4. The van der Waals surface area contributed by atoms with E-state index in [9.17, 15) is 4.79 Å². The number of allylic oxidation sites excluding steroid dienone is 1. The van der Waals surface area contributed by atoms with Crippen molar-refractivity contribution in [2.24, 2.45) is 0 Å². The maximum absolute atomic E-state index is 12.0. The van der Waals surface area contributed by atoms with E-state index in [1.54, 1.807) is 13.1 Å². The van der Waals surface area contributed by atoms with Gasteiger partial charge in [0, 0.05) is 61.8 Å². The SMILES string of the molecule is CCOC(=O)C=C(C)c1cnc(Nc2ccc(N3CCNCC3)cn2)cc1NC1CCCC1. The number of nitrogens with one attached hydrogen (secondary N) is 3. The normalized spacial score (nSPS) is 17.2. The minimum Gasteiger partial charge on any atom is -0.463 e. The predicted octanol–water partition coefficient (Wildman–Crippen LogP) is 3.95. The second kappa shape index (κ2) is 11.1. The Balaban J connectivity index is 1.52. The summed E-state index contributed by atoms with van der Waals surface area (Å²) in [5.41, 5.74) is 3.83. The third kappa shape index (κ3) is 6.22. The summed E-state index contributed by atoms with van der Waals surface area (Å²) in [5, 5.41) is 10.4. The fourth-order valence-electron chi connectivity index (χ4n) is 4.39. The van der Waals surface area contributed by atoms with Crippen molar-refractivity contribution in [3.63, 3.8) is 0 Å². The molecule has 1 aliphatic heterocycles. The molecule has 1 saturated carbocycles. The van der Waals surface area contributed by atoms with Gasteiger partial charge in [0.1, 0.15) is 11.6 Å². The highest BCUT2D eigenvalue weighted by Gasteiger charge is 2.18. The standard InChI is InChI=1S/C25H34N6O2/c1-3-33-25(32)14-18(2)21-17-28-24(15-22(21)29-19-6-4-5-7-19)30-23-9-8-20(16-27-23)31-12-10-26-11-13-31/h8-9,14-17,19,26H,3-7,10-13H2,1-2H3,(H2,27,28,29,30). The van der Waals surface area contributed by atoms with Crippen LogP contribution < -0.4 is 20.9 Å². The molecule has 4 rings (SSSR count). The van der Waals surface area contributed by atoms with Gasteiger partial charge in [-0.15, -0.1) is 0 Å². The molecule has 0 atom stereocenters. The minimum absolute atomic E-state index is 0.335. The third-order valence-corrected chi connectivity index (χ3v) is 6.15. The Morgan fingerprint density at radius 2 is 1.94 bits per heavy atom. The van der Waals surface area contributed by atoms with E-state index in [2.05, 4.69) is 36.9 Å². The Kier molecular flexibility index (Phi) is 7.78. The molecule has 8 nitrogen and oxygen atoms in total. The largest absolute Gasteiger partial charge is 0.463 e. The molecule has 0 radical (unpaired) electrons. The topological polar surface area (TPSA) is 91.4 Å². The van der Waals surface area contributed by atoms with Crippen LogP contribution >= 0.6 is 0 Å². The van der Waals surface area contributed by atoms with Gasteiger partial charge in [-0.1, -0.05) is 12.8 Å². The highest BCUT2D eigenvalue weighted by atomic mass is 16.5. The quantitative estimate of drug-likeness (QED) is 0.411. The molecule has 8 heteroatoms. The van der Waals surface area contributed by atoms with E-state index in [-0.39, 0.29) is 5.97 Å². The van der Waals surface area contributed by atoms with E-state index in [0.717, 1.165) is 67.3 Å². The van der Waals surface area contributed by atoms with E-state index in [4.69, 9.17) is 4.74 Å². The molecule has 33 heavy (non-hydrogen) atoms. The molecule has 0 aromatic carbocycles. The van der Waals surface area contributed by atoms with Crippen LogP contribution in [0.3, 0.4) is 0 Å². The molecule has 0 unspecified atom stereocenters. The van der Waals surface area contributed by atoms with Crippen LogP contribution in [0, 0.1) is 0 Å².